The average molecular weight is 174 g/mol. The summed E-state index contributed by atoms with van der Waals surface area (Å²) in [5.74, 6) is 0. The number of hydrogen-bond acceptors (Lipinski definition) is 2. The lowest BCUT2D eigenvalue weighted by Crippen LogP contribution is -2.50. The molecule has 2 nitrogen and oxygen atoms in total. The Kier molecular flexibility index (Phi) is 1.75. The van der Waals surface area contributed by atoms with Crippen molar-refractivity contribution in [2.24, 2.45) is 0 Å². The molecule has 1 heterocycles. The van der Waals surface area contributed by atoms with Crippen LogP contribution in [0.25, 0.3) is 0 Å². The number of halogens is 5. The topological polar surface area (TPSA) is 6.48 Å². The summed E-state index contributed by atoms with van der Waals surface area (Å²) in [6.45, 7) is 0. The molecule has 0 aromatic rings. The molecule has 0 radical (unpaired) electrons. The molecule has 0 aromatic carbocycles. The van der Waals surface area contributed by atoms with Crippen LogP contribution in [0, 0.1) is 0 Å². The van der Waals surface area contributed by atoms with Crippen LogP contribution in [0.1, 0.15) is 0 Å². The third-order valence-electron chi connectivity index (χ3n) is 1.12. The number of hydrazine groups is 1. The van der Waals surface area contributed by atoms with Crippen LogP contribution in [0.15, 0.2) is 12.3 Å². The molecular formula is C4H3F5N2. The Balaban J connectivity index is 2.88. The van der Waals surface area contributed by atoms with E-state index in [-0.39, 0.29) is 12.3 Å². The van der Waals surface area contributed by atoms with E-state index in [2.05, 4.69) is 0 Å². The Hall–Kier alpha value is -0.850. The van der Waals surface area contributed by atoms with Crippen molar-refractivity contribution < 1.29 is 22.1 Å². The van der Waals surface area contributed by atoms with Crippen molar-refractivity contribution in [3.8, 4) is 0 Å². The molecule has 1 unspecified atom stereocenters. The van der Waals surface area contributed by atoms with Gasteiger partial charge in [-0.3, -0.25) is 0 Å². The third kappa shape index (κ3) is 1.15. The molecule has 0 amide bonds. The second-order valence-electron chi connectivity index (χ2n) is 1.88. The molecule has 64 valence electrons. The zero-order valence-electron chi connectivity index (χ0n) is 5.02. The van der Waals surface area contributed by atoms with Crippen molar-refractivity contribution in [3.63, 3.8) is 0 Å². The van der Waals surface area contributed by atoms with Gasteiger partial charge < -0.3 is 0 Å². The van der Waals surface area contributed by atoms with Crippen molar-refractivity contribution >= 4 is 0 Å². The fourth-order valence-electron chi connectivity index (χ4n) is 0.550. The summed E-state index contributed by atoms with van der Waals surface area (Å²) >= 11 is 0. The van der Waals surface area contributed by atoms with Crippen molar-refractivity contribution in [2.75, 3.05) is 0 Å². The van der Waals surface area contributed by atoms with Gasteiger partial charge in [-0.2, -0.15) is 8.78 Å². The lowest BCUT2D eigenvalue weighted by Gasteiger charge is -2.29. The highest BCUT2D eigenvalue weighted by atomic mass is 19.3. The number of alkyl halides is 3. The maximum Gasteiger partial charge on any atom is 0.383 e. The van der Waals surface area contributed by atoms with Gasteiger partial charge in [0.25, 0.3) is 0 Å². The highest BCUT2D eigenvalue weighted by Gasteiger charge is 2.52. The average Bonchev–Trinajstić information content (AvgIpc) is 1.95. The Labute approximate surface area is 58.3 Å². The first kappa shape index (κ1) is 8.25. The maximum absolute atomic E-state index is 12.1. The van der Waals surface area contributed by atoms with Crippen LogP contribution in [-0.4, -0.2) is 22.7 Å². The molecule has 0 saturated heterocycles. The zero-order chi connectivity index (χ0) is 8.65. The summed E-state index contributed by atoms with van der Waals surface area (Å²) in [4.78, 5) is 0. The SMILES string of the molecule is FC1C=CN(F)N(F)C1(F)F. The number of hydrogen-bond donors (Lipinski definition) is 0. The predicted molar refractivity (Wildman–Crippen MR) is 24.9 cm³/mol. The van der Waals surface area contributed by atoms with E-state index in [1.807, 2.05) is 0 Å². The summed E-state index contributed by atoms with van der Waals surface area (Å²) < 4.78 is 60.1. The van der Waals surface area contributed by atoms with Crippen LogP contribution in [0.4, 0.5) is 22.1 Å². The van der Waals surface area contributed by atoms with Gasteiger partial charge in [0, 0.05) is 5.23 Å². The summed E-state index contributed by atoms with van der Waals surface area (Å²) in [6.07, 6.45) is -2.39. The highest BCUT2D eigenvalue weighted by Crippen LogP contribution is 2.32. The molecule has 11 heavy (non-hydrogen) atoms. The van der Waals surface area contributed by atoms with E-state index in [9.17, 15) is 22.1 Å². The molecule has 1 aliphatic heterocycles. The van der Waals surface area contributed by atoms with Crippen LogP contribution in [-0.2, 0) is 0 Å². The maximum atomic E-state index is 12.1. The largest absolute Gasteiger partial charge is 0.383 e. The Bertz CT molecular complexity index is 181. The molecule has 1 rings (SSSR count). The van der Waals surface area contributed by atoms with Gasteiger partial charge in [-0.1, -0.05) is 4.48 Å². The van der Waals surface area contributed by atoms with Crippen molar-refractivity contribution in [1.29, 1.82) is 0 Å². The first-order valence-corrected chi connectivity index (χ1v) is 2.57. The minimum absolute atomic E-state index is 0.218. The Morgan fingerprint density at radius 3 is 2.27 bits per heavy atom. The van der Waals surface area contributed by atoms with Crippen molar-refractivity contribution in [3.05, 3.63) is 12.3 Å². The molecular weight excluding hydrogens is 171 g/mol. The van der Waals surface area contributed by atoms with Gasteiger partial charge in [-0.05, 0) is 6.08 Å². The minimum Gasteiger partial charge on any atom is -0.234 e. The van der Waals surface area contributed by atoms with E-state index >= 15 is 0 Å². The first-order valence-electron chi connectivity index (χ1n) is 2.57. The lowest BCUT2D eigenvalue weighted by molar-refractivity contribution is -0.386. The second-order valence-corrected chi connectivity index (χ2v) is 1.88. The van der Waals surface area contributed by atoms with Crippen molar-refractivity contribution in [1.82, 2.24) is 10.5 Å². The van der Waals surface area contributed by atoms with E-state index < -0.39 is 22.7 Å². The van der Waals surface area contributed by atoms with Crippen molar-refractivity contribution in [2.45, 2.75) is 12.2 Å². The molecule has 7 heteroatoms. The Morgan fingerprint density at radius 1 is 1.27 bits per heavy atom. The fraction of sp³-hybridized carbons (Fsp3) is 0.500. The van der Waals surface area contributed by atoms with Gasteiger partial charge >= 0.3 is 6.05 Å². The van der Waals surface area contributed by atoms with E-state index in [1.165, 1.54) is 0 Å². The monoisotopic (exact) mass is 174 g/mol. The molecule has 0 aliphatic carbocycles. The molecule has 0 aromatic heterocycles. The molecule has 0 N–H and O–H groups in total. The molecule has 0 bridgehead atoms. The van der Waals surface area contributed by atoms with E-state index in [0.29, 0.717) is 0 Å². The fourth-order valence-corrected chi connectivity index (χ4v) is 0.550. The van der Waals surface area contributed by atoms with Gasteiger partial charge in [-0.15, -0.1) is 9.71 Å². The standard InChI is InChI=1S/C4H3F5N2/c5-3-1-2-10(8)11(9)4(3,6)7/h1-3H. The minimum atomic E-state index is -4.47. The molecule has 1 atom stereocenters. The summed E-state index contributed by atoms with van der Waals surface area (Å²) in [6, 6.07) is -4.47. The van der Waals surface area contributed by atoms with Gasteiger partial charge in [-0.25, -0.2) is 4.39 Å². The quantitative estimate of drug-likeness (QED) is 0.313. The molecule has 0 fully saturated rings. The summed E-state index contributed by atoms with van der Waals surface area (Å²) in [7, 11) is 0. The first-order chi connectivity index (χ1) is 4.96. The van der Waals surface area contributed by atoms with Gasteiger partial charge in [0.05, 0.1) is 6.20 Å². The van der Waals surface area contributed by atoms with Crippen LogP contribution < -0.4 is 0 Å². The molecule has 0 saturated carbocycles. The zero-order valence-corrected chi connectivity index (χ0v) is 5.02. The predicted octanol–water partition coefficient (Wildman–Crippen LogP) is 1.73. The normalized spacial score (nSPS) is 31.0. The van der Waals surface area contributed by atoms with Crippen LogP contribution in [0.3, 0.4) is 0 Å². The van der Waals surface area contributed by atoms with Gasteiger partial charge in [0.2, 0.25) is 6.17 Å². The smallest absolute Gasteiger partial charge is 0.234 e. The summed E-state index contributed by atoms with van der Waals surface area (Å²) in [5, 5.41) is -2.65. The second kappa shape index (κ2) is 2.33. The highest BCUT2D eigenvalue weighted by molar-refractivity contribution is 4.96. The Morgan fingerprint density at radius 2 is 1.82 bits per heavy atom. The van der Waals surface area contributed by atoms with Crippen LogP contribution in [0.2, 0.25) is 0 Å². The van der Waals surface area contributed by atoms with Crippen LogP contribution in [0.5, 0.6) is 0 Å². The van der Waals surface area contributed by atoms with Gasteiger partial charge in [0.1, 0.15) is 0 Å². The molecule has 0 spiro atoms. The van der Waals surface area contributed by atoms with E-state index in [4.69, 9.17) is 0 Å². The van der Waals surface area contributed by atoms with E-state index in [1.54, 1.807) is 0 Å². The van der Waals surface area contributed by atoms with Gasteiger partial charge in [0.15, 0.2) is 0 Å². The number of nitrogens with zero attached hydrogens (tertiary/aromatic N) is 2. The molecule has 1 aliphatic rings. The lowest BCUT2D eigenvalue weighted by atomic mass is 10.3. The summed E-state index contributed by atoms with van der Waals surface area (Å²) in [5.41, 5.74) is 0. The van der Waals surface area contributed by atoms with Crippen LogP contribution >= 0.6 is 0 Å². The number of rotatable bonds is 0. The van der Waals surface area contributed by atoms with E-state index in [0.717, 1.165) is 0 Å². The third-order valence-corrected chi connectivity index (χ3v) is 1.12.